The number of aromatic nitrogens is 2. The first-order valence-electron chi connectivity index (χ1n) is 9.54. The number of anilines is 1. The molecule has 1 aromatic heterocycles. The number of amides is 2. The van der Waals surface area contributed by atoms with Crippen molar-refractivity contribution in [2.24, 2.45) is 0 Å². The first-order valence-corrected chi connectivity index (χ1v) is 9.54. The van der Waals surface area contributed by atoms with Crippen molar-refractivity contribution in [2.45, 2.75) is 44.6 Å². The van der Waals surface area contributed by atoms with Gasteiger partial charge in [0.05, 0.1) is 11.8 Å². The first kappa shape index (κ1) is 16.6. The summed E-state index contributed by atoms with van der Waals surface area (Å²) in [5.74, 6) is 0.958. The number of hydrogen-bond donors (Lipinski definition) is 1. The molecule has 1 N–H and O–H groups in total. The van der Waals surface area contributed by atoms with E-state index in [1.54, 1.807) is 0 Å². The number of ether oxygens (including phenoxy) is 1. The van der Waals surface area contributed by atoms with Crippen molar-refractivity contribution in [1.29, 1.82) is 0 Å². The minimum Gasteiger partial charge on any atom is -0.376 e. The Morgan fingerprint density at radius 2 is 2.00 bits per heavy atom. The average Bonchev–Trinajstić information content (AvgIpc) is 3.19. The predicted octanol–water partition coefficient (Wildman–Crippen LogP) is 1.37. The molecule has 1 aliphatic carbocycles. The first-order chi connectivity index (χ1) is 12.3. The van der Waals surface area contributed by atoms with Crippen molar-refractivity contribution in [3.05, 3.63) is 17.3 Å². The molecule has 2 aliphatic heterocycles. The van der Waals surface area contributed by atoms with Gasteiger partial charge in [-0.25, -0.2) is 4.79 Å². The number of aryl methyl sites for hydroxylation is 2. The zero-order valence-corrected chi connectivity index (χ0v) is 14.7. The van der Waals surface area contributed by atoms with Crippen LogP contribution >= 0.6 is 0 Å². The SMILES string of the molecule is O=C(NCC1CCCO1)N1CCN(c2cc3c(nn2)CCCC3)CC1. The monoisotopic (exact) mass is 345 g/mol. The Morgan fingerprint density at radius 1 is 1.16 bits per heavy atom. The van der Waals surface area contributed by atoms with E-state index in [-0.39, 0.29) is 12.1 Å². The van der Waals surface area contributed by atoms with Crippen LogP contribution in [0.15, 0.2) is 6.07 Å². The van der Waals surface area contributed by atoms with Crippen molar-refractivity contribution in [2.75, 3.05) is 44.2 Å². The largest absolute Gasteiger partial charge is 0.376 e. The van der Waals surface area contributed by atoms with Gasteiger partial charge >= 0.3 is 6.03 Å². The molecular weight excluding hydrogens is 318 g/mol. The Labute approximate surface area is 148 Å². The Balaban J connectivity index is 1.28. The third kappa shape index (κ3) is 3.86. The Bertz CT molecular complexity index is 609. The Morgan fingerprint density at radius 3 is 2.80 bits per heavy atom. The van der Waals surface area contributed by atoms with Crippen LogP contribution in [0.2, 0.25) is 0 Å². The van der Waals surface area contributed by atoms with Gasteiger partial charge in [-0.2, -0.15) is 5.10 Å². The van der Waals surface area contributed by atoms with E-state index in [0.717, 1.165) is 64.3 Å². The second-order valence-corrected chi connectivity index (χ2v) is 7.18. The fourth-order valence-electron chi connectivity index (χ4n) is 3.89. The number of urea groups is 1. The van der Waals surface area contributed by atoms with Crippen molar-refractivity contribution in [3.8, 4) is 0 Å². The molecule has 0 radical (unpaired) electrons. The number of nitrogens with one attached hydrogen (secondary N) is 1. The fraction of sp³-hybridized carbons (Fsp3) is 0.722. The summed E-state index contributed by atoms with van der Waals surface area (Å²) < 4.78 is 5.55. The lowest BCUT2D eigenvalue weighted by atomic mass is 9.97. The van der Waals surface area contributed by atoms with Gasteiger partial charge < -0.3 is 19.9 Å². The third-order valence-electron chi connectivity index (χ3n) is 5.45. The maximum Gasteiger partial charge on any atom is 0.317 e. The van der Waals surface area contributed by atoms with E-state index in [4.69, 9.17) is 4.74 Å². The summed E-state index contributed by atoms with van der Waals surface area (Å²) >= 11 is 0. The standard InChI is InChI=1S/C18H27N5O2/c24-18(19-13-15-5-3-11-25-15)23-9-7-22(8-10-23)17-12-14-4-1-2-6-16(14)20-21-17/h12,15H,1-11,13H2,(H,19,24). The number of nitrogens with zero attached hydrogens (tertiary/aromatic N) is 4. The van der Waals surface area contributed by atoms with Crippen LogP contribution in [0.4, 0.5) is 10.6 Å². The number of piperazine rings is 1. The molecule has 0 saturated carbocycles. The Hall–Kier alpha value is -1.89. The fourth-order valence-corrected chi connectivity index (χ4v) is 3.89. The van der Waals surface area contributed by atoms with Crippen molar-refractivity contribution in [1.82, 2.24) is 20.4 Å². The molecule has 136 valence electrons. The topological polar surface area (TPSA) is 70.6 Å². The summed E-state index contributed by atoms with van der Waals surface area (Å²) in [6.45, 7) is 4.49. The summed E-state index contributed by atoms with van der Waals surface area (Å²) in [7, 11) is 0. The molecule has 0 spiro atoms. The summed E-state index contributed by atoms with van der Waals surface area (Å²) in [6.07, 6.45) is 6.98. The van der Waals surface area contributed by atoms with Gasteiger partial charge in [0.2, 0.25) is 0 Å². The van der Waals surface area contributed by atoms with Gasteiger partial charge in [-0.05, 0) is 50.2 Å². The average molecular weight is 345 g/mol. The van der Waals surface area contributed by atoms with Gasteiger partial charge in [0, 0.05) is 39.3 Å². The minimum absolute atomic E-state index is 0.0201. The summed E-state index contributed by atoms with van der Waals surface area (Å²) in [5, 5.41) is 11.8. The van der Waals surface area contributed by atoms with Crippen molar-refractivity contribution >= 4 is 11.8 Å². The lowest BCUT2D eigenvalue weighted by molar-refractivity contribution is 0.108. The number of carbonyl (C=O) groups excluding carboxylic acids is 1. The minimum atomic E-state index is 0.0201. The lowest BCUT2D eigenvalue weighted by Crippen LogP contribution is -2.52. The van der Waals surface area contributed by atoms with Crippen LogP contribution in [-0.4, -0.2) is 66.6 Å². The Kier molecular flexibility index (Phi) is 5.01. The normalized spacial score (nSPS) is 23.4. The molecule has 3 aliphatic rings. The molecule has 1 aromatic rings. The molecule has 0 aromatic carbocycles. The van der Waals surface area contributed by atoms with Gasteiger partial charge in [0.1, 0.15) is 0 Å². The van der Waals surface area contributed by atoms with Gasteiger partial charge in [0.25, 0.3) is 0 Å². The molecule has 0 bridgehead atoms. The smallest absolute Gasteiger partial charge is 0.317 e. The van der Waals surface area contributed by atoms with E-state index < -0.39 is 0 Å². The molecule has 7 heteroatoms. The number of hydrogen-bond acceptors (Lipinski definition) is 5. The molecule has 25 heavy (non-hydrogen) atoms. The highest BCUT2D eigenvalue weighted by molar-refractivity contribution is 5.74. The maximum absolute atomic E-state index is 12.3. The van der Waals surface area contributed by atoms with Crippen LogP contribution in [0, 0.1) is 0 Å². The molecule has 2 fully saturated rings. The summed E-state index contributed by atoms with van der Waals surface area (Å²) in [5.41, 5.74) is 2.52. The second kappa shape index (κ2) is 7.56. The predicted molar refractivity (Wildman–Crippen MR) is 94.8 cm³/mol. The van der Waals surface area contributed by atoms with E-state index in [0.29, 0.717) is 6.54 Å². The zero-order chi connectivity index (χ0) is 17.1. The van der Waals surface area contributed by atoms with E-state index in [1.165, 1.54) is 24.1 Å². The summed E-state index contributed by atoms with van der Waals surface area (Å²) in [6, 6.07) is 2.22. The molecular formula is C18H27N5O2. The van der Waals surface area contributed by atoms with Crippen molar-refractivity contribution < 1.29 is 9.53 Å². The highest BCUT2D eigenvalue weighted by atomic mass is 16.5. The van der Waals surface area contributed by atoms with E-state index in [2.05, 4.69) is 26.5 Å². The molecule has 4 rings (SSSR count). The van der Waals surface area contributed by atoms with Crippen molar-refractivity contribution in [3.63, 3.8) is 0 Å². The second-order valence-electron chi connectivity index (χ2n) is 7.18. The molecule has 2 saturated heterocycles. The van der Waals surface area contributed by atoms with Gasteiger partial charge in [-0.1, -0.05) is 0 Å². The summed E-state index contributed by atoms with van der Waals surface area (Å²) in [4.78, 5) is 16.4. The number of fused-ring (bicyclic) bond motifs is 1. The van der Waals surface area contributed by atoms with Crippen LogP contribution in [0.5, 0.6) is 0 Å². The van der Waals surface area contributed by atoms with Crippen LogP contribution < -0.4 is 10.2 Å². The number of carbonyl (C=O) groups is 1. The van der Waals surface area contributed by atoms with Gasteiger partial charge in [-0.15, -0.1) is 5.10 Å². The highest BCUT2D eigenvalue weighted by Gasteiger charge is 2.24. The molecule has 2 amide bonds. The zero-order valence-electron chi connectivity index (χ0n) is 14.7. The molecule has 7 nitrogen and oxygen atoms in total. The third-order valence-corrected chi connectivity index (χ3v) is 5.45. The van der Waals surface area contributed by atoms with Crippen LogP contribution in [0.1, 0.15) is 36.9 Å². The quantitative estimate of drug-likeness (QED) is 0.896. The van der Waals surface area contributed by atoms with Gasteiger partial charge in [0.15, 0.2) is 5.82 Å². The lowest BCUT2D eigenvalue weighted by Gasteiger charge is -2.35. The number of rotatable bonds is 3. The maximum atomic E-state index is 12.3. The molecule has 3 heterocycles. The van der Waals surface area contributed by atoms with E-state index in [9.17, 15) is 4.79 Å². The van der Waals surface area contributed by atoms with E-state index in [1.807, 2.05) is 4.90 Å². The molecule has 1 atom stereocenters. The highest BCUT2D eigenvalue weighted by Crippen LogP contribution is 2.23. The van der Waals surface area contributed by atoms with Crippen LogP contribution in [0.25, 0.3) is 0 Å². The van der Waals surface area contributed by atoms with Crippen LogP contribution in [-0.2, 0) is 17.6 Å². The van der Waals surface area contributed by atoms with E-state index >= 15 is 0 Å². The van der Waals surface area contributed by atoms with Gasteiger partial charge in [-0.3, -0.25) is 0 Å². The van der Waals surface area contributed by atoms with Crippen LogP contribution in [0.3, 0.4) is 0 Å². The molecule has 1 unspecified atom stereocenters.